The Morgan fingerprint density at radius 2 is 2.21 bits per heavy atom. The summed E-state index contributed by atoms with van der Waals surface area (Å²) in [7, 11) is 0. The van der Waals surface area contributed by atoms with Gasteiger partial charge in [0.05, 0.1) is 4.88 Å². The molecule has 0 aliphatic rings. The van der Waals surface area contributed by atoms with Crippen molar-refractivity contribution in [3.05, 3.63) is 23.3 Å². The first-order valence-corrected chi connectivity index (χ1v) is 7.74. The van der Waals surface area contributed by atoms with Crippen LogP contribution in [0.5, 0.6) is 0 Å². The van der Waals surface area contributed by atoms with Crippen LogP contribution in [0, 0.1) is 11.8 Å². The van der Waals surface area contributed by atoms with E-state index >= 15 is 0 Å². The molecule has 0 bridgehead atoms. The minimum absolute atomic E-state index is 0.667. The molecule has 0 saturated carbocycles. The normalized spacial score (nSPS) is 13.1. The molecule has 3 N–H and O–H groups in total. The van der Waals surface area contributed by atoms with Crippen molar-refractivity contribution in [3.63, 3.8) is 0 Å². The standard InChI is InChI=1S/C14H22N4S/c1-10(2)11(7-8-15)5-6-13-16-14(18-17-13)12-4-3-9-19-12/h3-4,9-11H,5-8,15H2,1-2H3,(H,16,17,18). The molecule has 2 aromatic rings. The molecule has 0 aromatic carbocycles. The lowest BCUT2D eigenvalue weighted by Gasteiger charge is -2.19. The quantitative estimate of drug-likeness (QED) is 0.818. The van der Waals surface area contributed by atoms with E-state index in [0.717, 1.165) is 42.3 Å². The van der Waals surface area contributed by atoms with Gasteiger partial charge in [-0.25, -0.2) is 4.98 Å². The Hall–Kier alpha value is -1.20. The van der Waals surface area contributed by atoms with Crippen molar-refractivity contribution >= 4 is 11.3 Å². The molecule has 104 valence electrons. The summed E-state index contributed by atoms with van der Waals surface area (Å²) in [4.78, 5) is 5.67. The molecule has 2 aromatic heterocycles. The average molecular weight is 278 g/mol. The molecule has 19 heavy (non-hydrogen) atoms. The van der Waals surface area contributed by atoms with Crippen molar-refractivity contribution in [2.75, 3.05) is 6.54 Å². The summed E-state index contributed by atoms with van der Waals surface area (Å²) in [5.41, 5.74) is 5.67. The third kappa shape index (κ3) is 3.88. The zero-order valence-corrected chi connectivity index (χ0v) is 12.4. The summed E-state index contributed by atoms with van der Waals surface area (Å²) in [6.45, 7) is 5.29. The molecular weight excluding hydrogens is 256 g/mol. The highest BCUT2D eigenvalue weighted by molar-refractivity contribution is 7.13. The third-order valence-electron chi connectivity index (χ3n) is 3.51. The van der Waals surface area contributed by atoms with Crippen LogP contribution in [0.3, 0.4) is 0 Å². The Morgan fingerprint density at radius 1 is 1.37 bits per heavy atom. The van der Waals surface area contributed by atoms with Crippen molar-refractivity contribution in [1.29, 1.82) is 0 Å². The van der Waals surface area contributed by atoms with Crippen LogP contribution in [-0.2, 0) is 6.42 Å². The molecule has 0 spiro atoms. The number of nitrogens with zero attached hydrogens (tertiary/aromatic N) is 2. The van der Waals surface area contributed by atoms with E-state index < -0.39 is 0 Å². The number of hydrogen-bond donors (Lipinski definition) is 2. The minimum atomic E-state index is 0.667. The molecule has 0 amide bonds. The first-order valence-electron chi connectivity index (χ1n) is 6.86. The first-order chi connectivity index (χ1) is 9.20. The molecule has 0 aliphatic carbocycles. The van der Waals surface area contributed by atoms with E-state index in [1.807, 2.05) is 17.5 Å². The number of H-pyrrole nitrogens is 1. The predicted molar refractivity (Wildman–Crippen MR) is 80.0 cm³/mol. The molecule has 0 radical (unpaired) electrons. The number of aromatic amines is 1. The molecule has 0 fully saturated rings. The van der Waals surface area contributed by atoms with E-state index in [2.05, 4.69) is 29.0 Å². The first kappa shape index (κ1) is 14.2. The molecule has 2 rings (SSSR count). The van der Waals surface area contributed by atoms with Crippen LogP contribution < -0.4 is 5.73 Å². The maximum absolute atomic E-state index is 5.67. The van der Waals surface area contributed by atoms with Crippen molar-refractivity contribution in [3.8, 4) is 10.7 Å². The highest BCUT2D eigenvalue weighted by Gasteiger charge is 2.14. The second-order valence-electron chi connectivity index (χ2n) is 5.20. The van der Waals surface area contributed by atoms with E-state index in [-0.39, 0.29) is 0 Å². The van der Waals surface area contributed by atoms with Crippen LogP contribution in [0.4, 0.5) is 0 Å². The van der Waals surface area contributed by atoms with Gasteiger partial charge in [0.1, 0.15) is 5.82 Å². The van der Waals surface area contributed by atoms with Crippen molar-refractivity contribution in [2.24, 2.45) is 17.6 Å². The summed E-state index contributed by atoms with van der Waals surface area (Å²) in [6.07, 6.45) is 3.15. The van der Waals surface area contributed by atoms with Crippen LogP contribution in [0.1, 0.15) is 32.5 Å². The van der Waals surface area contributed by atoms with Crippen LogP contribution >= 0.6 is 11.3 Å². The monoisotopic (exact) mass is 278 g/mol. The van der Waals surface area contributed by atoms with Gasteiger partial charge >= 0.3 is 0 Å². The van der Waals surface area contributed by atoms with Gasteiger partial charge in [-0.05, 0) is 42.7 Å². The maximum atomic E-state index is 5.67. The fraction of sp³-hybridized carbons (Fsp3) is 0.571. The Bertz CT molecular complexity index is 475. The lowest BCUT2D eigenvalue weighted by molar-refractivity contribution is 0.339. The van der Waals surface area contributed by atoms with Gasteiger partial charge in [0.15, 0.2) is 5.82 Å². The van der Waals surface area contributed by atoms with E-state index in [9.17, 15) is 0 Å². The zero-order chi connectivity index (χ0) is 13.7. The number of aromatic nitrogens is 3. The lowest BCUT2D eigenvalue weighted by Crippen LogP contribution is -2.15. The van der Waals surface area contributed by atoms with Gasteiger partial charge in [-0.3, -0.25) is 5.10 Å². The summed E-state index contributed by atoms with van der Waals surface area (Å²) < 4.78 is 0. The maximum Gasteiger partial charge on any atom is 0.191 e. The summed E-state index contributed by atoms with van der Waals surface area (Å²) >= 11 is 1.67. The average Bonchev–Trinajstić information content (AvgIpc) is 3.04. The molecule has 1 unspecified atom stereocenters. The zero-order valence-electron chi connectivity index (χ0n) is 11.6. The lowest BCUT2D eigenvalue weighted by atomic mass is 9.88. The minimum Gasteiger partial charge on any atom is -0.330 e. The molecule has 0 aliphatic heterocycles. The van der Waals surface area contributed by atoms with Gasteiger partial charge in [-0.1, -0.05) is 19.9 Å². The van der Waals surface area contributed by atoms with Crippen LogP contribution in [-0.4, -0.2) is 21.7 Å². The van der Waals surface area contributed by atoms with E-state index in [0.29, 0.717) is 11.8 Å². The fourth-order valence-corrected chi connectivity index (χ4v) is 2.93. The summed E-state index contributed by atoms with van der Waals surface area (Å²) in [5.74, 6) is 3.12. The van der Waals surface area contributed by atoms with Crippen LogP contribution in [0.2, 0.25) is 0 Å². The number of nitrogens with two attached hydrogens (primary N) is 1. The molecule has 5 heteroatoms. The number of nitrogens with one attached hydrogen (secondary N) is 1. The Labute approximate surface area is 118 Å². The number of hydrogen-bond acceptors (Lipinski definition) is 4. The second-order valence-corrected chi connectivity index (χ2v) is 6.15. The smallest absolute Gasteiger partial charge is 0.191 e. The molecule has 1 atom stereocenters. The summed E-state index contributed by atoms with van der Waals surface area (Å²) in [6, 6.07) is 4.06. The van der Waals surface area contributed by atoms with Crippen LogP contribution in [0.25, 0.3) is 10.7 Å². The summed E-state index contributed by atoms with van der Waals surface area (Å²) in [5, 5.41) is 9.36. The Kier molecular flexibility index (Phi) is 5.10. The van der Waals surface area contributed by atoms with Gasteiger partial charge in [-0.2, -0.15) is 5.10 Å². The van der Waals surface area contributed by atoms with Gasteiger partial charge < -0.3 is 5.73 Å². The highest BCUT2D eigenvalue weighted by Crippen LogP contribution is 2.23. The Balaban J connectivity index is 1.93. The number of aryl methyl sites for hydroxylation is 1. The second kappa shape index (κ2) is 6.82. The number of rotatable bonds is 7. The molecule has 4 nitrogen and oxygen atoms in total. The highest BCUT2D eigenvalue weighted by atomic mass is 32.1. The fourth-order valence-electron chi connectivity index (χ4n) is 2.27. The van der Waals surface area contributed by atoms with Crippen molar-refractivity contribution in [2.45, 2.75) is 33.1 Å². The topological polar surface area (TPSA) is 67.6 Å². The third-order valence-corrected chi connectivity index (χ3v) is 4.37. The van der Waals surface area contributed by atoms with Gasteiger partial charge in [0.25, 0.3) is 0 Å². The van der Waals surface area contributed by atoms with E-state index in [4.69, 9.17) is 5.73 Å². The molecule has 0 saturated heterocycles. The molecule has 2 heterocycles. The largest absolute Gasteiger partial charge is 0.330 e. The number of thiophene rings is 1. The predicted octanol–water partition coefficient (Wildman–Crippen LogP) is 3.09. The van der Waals surface area contributed by atoms with Crippen molar-refractivity contribution in [1.82, 2.24) is 15.2 Å². The van der Waals surface area contributed by atoms with Gasteiger partial charge in [0, 0.05) is 6.42 Å². The van der Waals surface area contributed by atoms with E-state index in [1.54, 1.807) is 11.3 Å². The van der Waals surface area contributed by atoms with Gasteiger partial charge in [0.2, 0.25) is 0 Å². The SMILES string of the molecule is CC(C)C(CCN)CCc1nc(-c2cccs2)n[nH]1. The molecular formula is C14H22N4S. The van der Waals surface area contributed by atoms with Crippen LogP contribution in [0.15, 0.2) is 17.5 Å². The van der Waals surface area contributed by atoms with E-state index in [1.165, 1.54) is 0 Å². The Morgan fingerprint density at radius 3 is 2.84 bits per heavy atom. The van der Waals surface area contributed by atoms with Crippen molar-refractivity contribution < 1.29 is 0 Å². The van der Waals surface area contributed by atoms with Gasteiger partial charge in [-0.15, -0.1) is 11.3 Å².